The van der Waals surface area contributed by atoms with Gasteiger partial charge in [0, 0.05) is 5.57 Å². The summed E-state index contributed by atoms with van der Waals surface area (Å²) >= 11 is 0. The molecule has 0 unspecified atom stereocenters. The van der Waals surface area contributed by atoms with E-state index in [-0.39, 0.29) is 11.6 Å². The van der Waals surface area contributed by atoms with Gasteiger partial charge < -0.3 is 0 Å². The largest absolute Gasteiger partial charge is 0.290 e. The minimum absolute atomic E-state index is 0.123. The molecule has 1 aliphatic carbocycles. The Kier molecular flexibility index (Phi) is 2.54. The molecule has 112 valence electrons. The van der Waals surface area contributed by atoms with Crippen molar-refractivity contribution in [1.82, 2.24) is 0 Å². The van der Waals surface area contributed by atoms with Crippen LogP contribution in [0.15, 0.2) is 72.8 Å². The Morgan fingerprint density at radius 1 is 0.625 bits per heavy atom. The molecule has 24 heavy (non-hydrogen) atoms. The van der Waals surface area contributed by atoms with Gasteiger partial charge in [-0.3, -0.25) is 9.59 Å². The molecule has 0 atom stereocenters. The van der Waals surface area contributed by atoms with Crippen LogP contribution in [-0.2, 0) is 9.59 Å². The van der Waals surface area contributed by atoms with E-state index in [0.29, 0.717) is 5.57 Å². The van der Waals surface area contributed by atoms with Gasteiger partial charge in [0.15, 0.2) is 11.6 Å². The Hall–Kier alpha value is -3.26. The molecular weight excluding hydrogens is 296 g/mol. The molecule has 4 aromatic carbocycles. The van der Waals surface area contributed by atoms with E-state index in [1.54, 1.807) is 0 Å². The topological polar surface area (TPSA) is 34.1 Å². The van der Waals surface area contributed by atoms with Crippen LogP contribution in [0.5, 0.6) is 0 Å². The highest BCUT2D eigenvalue weighted by Gasteiger charge is 2.17. The molecule has 0 aromatic heterocycles. The lowest BCUT2D eigenvalue weighted by Gasteiger charge is -2.14. The smallest absolute Gasteiger partial charge is 0.186 e. The third-order valence-electron chi connectivity index (χ3n) is 4.73. The zero-order valence-electron chi connectivity index (χ0n) is 12.7. The number of carbonyl (C=O) groups is 2. The number of allylic oxidation sites excluding steroid dienone is 4. The normalized spacial score (nSPS) is 14.9. The number of hydrogen-bond donors (Lipinski definition) is 0. The maximum absolute atomic E-state index is 12.2. The van der Waals surface area contributed by atoms with Gasteiger partial charge in [-0.05, 0) is 68.2 Å². The number of benzene rings is 4. The van der Waals surface area contributed by atoms with Crippen molar-refractivity contribution in [3.8, 4) is 0 Å². The van der Waals surface area contributed by atoms with Crippen molar-refractivity contribution >= 4 is 49.5 Å². The summed E-state index contributed by atoms with van der Waals surface area (Å²) in [7, 11) is 0. The van der Waals surface area contributed by atoms with Gasteiger partial charge in [-0.15, -0.1) is 0 Å². The van der Waals surface area contributed by atoms with Gasteiger partial charge in [0.2, 0.25) is 0 Å². The highest BCUT2D eigenvalue weighted by Crippen LogP contribution is 2.36. The molecule has 0 amide bonds. The SMILES string of the molecule is O=C1C=CC(=O)C(c2cc3ccc4cccc5ccc(c2)c3c45)=C1. The van der Waals surface area contributed by atoms with E-state index in [1.807, 2.05) is 12.1 Å². The van der Waals surface area contributed by atoms with Gasteiger partial charge in [-0.1, -0.05) is 42.5 Å². The monoisotopic (exact) mass is 308 g/mol. The molecule has 0 radical (unpaired) electrons. The quantitative estimate of drug-likeness (QED) is 0.378. The summed E-state index contributed by atoms with van der Waals surface area (Å²) in [5, 5.41) is 7.05. The predicted molar refractivity (Wildman–Crippen MR) is 97.3 cm³/mol. The lowest BCUT2D eigenvalue weighted by molar-refractivity contribution is -0.113. The van der Waals surface area contributed by atoms with Gasteiger partial charge >= 0.3 is 0 Å². The number of ketones is 2. The molecule has 0 heterocycles. The Morgan fingerprint density at radius 3 is 1.88 bits per heavy atom. The maximum Gasteiger partial charge on any atom is 0.186 e. The van der Waals surface area contributed by atoms with E-state index in [4.69, 9.17) is 0 Å². The van der Waals surface area contributed by atoms with Gasteiger partial charge in [-0.25, -0.2) is 0 Å². The summed E-state index contributed by atoms with van der Waals surface area (Å²) in [6.07, 6.45) is 4.09. The van der Waals surface area contributed by atoms with Gasteiger partial charge in [0.1, 0.15) is 0 Å². The Morgan fingerprint density at radius 2 is 1.21 bits per heavy atom. The fourth-order valence-corrected chi connectivity index (χ4v) is 3.64. The van der Waals surface area contributed by atoms with E-state index in [1.165, 1.54) is 39.8 Å². The molecule has 0 N–H and O–H groups in total. The van der Waals surface area contributed by atoms with E-state index >= 15 is 0 Å². The molecule has 2 heteroatoms. The minimum Gasteiger partial charge on any atom is -0.290 e. The first kappa shape index (κ1) is 13.2. The van der Waals surface area contributed by atoms with Crippen LogP contribution in [0.25, 0.3) is 37.9 Å². The number of carbonyl (C=O) groups excluding carboxylic acids is 2. The molecule has 0 spiro atoms. The van der Waals surface area contributed by atoms with Crippen LogP contribution in [0.2, 0.25) is 0 Å². The third kappa shape index (κ3) is 1.77. The van der Waals surface area contributed by atoms with Crippen LogP contribution in [0.1, 0.15) is 5.56 Å². The standard InChI is InChI=1S/C22H12O2/c23-18-8-9-20(24)19(12-18)17-10-15-6-4-13-2-1-3-14-5-7-16(11-17)22(15)21(13)14/h1-12H. The zero-order chi connectivity index (χ0) is 16.3. The predicted octanol–water partition coefficient (Wildman–Crippen LogP) is 4.68. The Bertz CT molecular complexity index is 1160. The average Bonchev–Trinajstić information content (AvgIpc) is 2.61. The van der Waals surface area contributed by atoms with Crippen molar-refractivity contribution in [1.29, 1.82) is 0 Å². The van der Waals surface area contributed by atoms with Crippen LogP contribution in [-0.4, -0.2) is 11.6 Å². The molecular formula is C22H12O2. The third-order valence-corrected chi connectivity index (χ3v) is 4.73. The van der Waals surface area contributed by atoms with Crippen LogP contribution < -0.4 is 0 Å². The van der Waals surface area contributed by atoms with Crippen LogP contribution in [0.3, 0.4) is 0 Å². The second-order valence-electron chi connectivity index (χ2n) is 6.17. The first-order valence-corrected chi connectivity index (χ1v) is 7.87. The highest BCUT2D eigenvalue weighted by molar-refractivity contribution is 6.35. The Balaban J connectivity index is 1.87. The molecule has 0 fully saturated rings. The van der Waals surface area contributed by atoms with E-state index in [0.717, 1.165) is 16.3 Å². The summed E-state index contributed by atoms with van der Waals surface area (Å²) in [4.78, 5) is 23.8. The second-order valence-corrected chi connectivity index (χ2v) is 6.17. The molecule has 1 aliphatic rings. The second kappa shape index (κ2) is 4.62. The van der Waals surface area contributed by atoms with E-state index < -0.39 is 0 Å². The Labute approximate surface area is 138 Å². The maximum atomic E-state index is 12.2. The summed E-state index contributed by atoms with van der Waals surface area (Å²) < 4.78 is 0. The van der Waals surface area contributed by atoms with Crippen molar-refractivity contribution < 1.29 is 9.59 Å². The summed E-state index contributed by atoms with van der Waals surface area (Å²) in [6, 6.07) is 18.7. The first-order valence-electron chi connectivity index (χ1n) is 7.87. The van der Waals surface area contributed by atoms with Crippen molar-refractivity contribution in [2.45, 2.75) is 0 Å². The summed E-state index contributed by atoms with van der Waals surface area (Å²) in [6.45, 7) is 0. The molecule has 0 saturated heterocycles. The lowest BCUT2D eigenvalue weighted by Crippen LogP contribution is -2.06. The van der Waals surface area contributed by atoms with Crippen molar-refractivity contribution in [2.24, 2.45) is 0 Å². The molecule has 2 nitrogen and oxygen atoms in total. The number of rotatable bonds is 1. The van der Waals surface area contributed by atoms with Crippen LogP contribution in [0, 0.1) is 0 Å². The molecule has 0 saturated carbocycles. The first-order chi connectivity index (χ1) is 11.7. The minimum atomic E-state index is -0.144. The van der Waals surface area contributed by atoms with Gasteiger partial charge in [-0.2, -0.15) is 0 Å². The van der Waals surface area contributed by atoms with Gasteiger partial charge in [0.25, 0.3) is 0 Å². The van der Waals surface area contributed by atoms with Crippen molar-refractivity contribution in [3.63, 3.8) is 0 Å². The van der Waals surface area contributed by atoms with Crippen LogP contribution >= 0.6 is 0 Å². The van der Waals surface area contributed by atoms with Crippen molar-refractivity contribution in [3.05, 3.63) is 78.4 Å². The fourth-order valence-electron chi connectivity index (χ4n) is 3.64. The average molecular weight is 308 g/mol. The van der Waals surface area contributed by atoms with E-state index in [9.17, 15) is 9.59 Å². The molecule has 5 rings (SSSR count). The number of hydrogen-bond acceptors (Lipinski definition) is 2. The zero-order valence-corrected chi connectivity index (χ0v) is 12.7. The van der Waals surface area contributed by atoms with E-state index in [2.05, 4.69) is 42.5 Å². The molecule has 0 bridgehead atoms. The fraction of sp³-hybridized carbons (Fsp3) is 0. The summed E-state index contributed by atoms with van der Waals surface area (Å²) in [5.41, 5.74) is 1.26. The van der Waals surface area contributed by atoms with Crippen LogP contribution in [0.4, 0.5) is 0 Å². The lowest BCUT2D eigenvalue weighted by atomic mass is 9.89. The molecule has 0 aliphatic heterocycles. The van der Waals surface area contributed by atoms with Crippen molar-refractivity contribution in [2.75, 3.05) is 0 Å². The molecule has 4 aromatic rings. The van der Waals surface area contributed by atoms with Gasteiger partial charge in [0.05, 0.1) is 0 Å². The summed E-state index contributed by atoms with van der Waals surface area (Å²) in [5.74, 6) is -0.267. The highest BCUT2D eigenvalue weighted by atomic mass is 16.1.